The van der Waals surface area contributed by atoms with Crippen LogP contribution in [0.3, 0.4) is 0 Å². The van der Waals surface area contributed by atoms with Crippen LogP contribution in [0.4, 0.5) is 0 Å². The summed E-state index contributed by atoms with van der Waals surface area (Å²) < 4.78 is 5.15. The first-order valence-corrected chi connectivity index (χ1v) is 7.38. The van der Waals surface area contributed by atoms with Crippen LogP contribution in [-0.2, 0) is 6.42 Å². The molecule has 0 unspecified atom stereocenters. The predicted molar refractivity (Wildman–Crippen MR) is 105 cm³/mol. The van der Waals surface area contributed by atoms with Gasteiger partial charge in [0.15, 0.2) is 5.96 Å². The lowest BCUT2D eigenvalue weighted by atomic mass is 10.1. The van der Waals surface area contributed by atoms with Crippen molar-refractivity contribution in [2.45, 2.75) is 12.8 Å². The molecule has 0 radical (unpaired) electrons. The minimum Gasteiger partial charge on any atom is -0.497 e. The number of hydrogen-bond donors (Lipinski definition) is 2. The summed E-state index contributed by atoms with van der Waals surface area (Å²) in [5, 5.41) is 6.65. The Balaban J connectivity index is 0.00000441. The summed E-state index contributed by atoms with van der Waals surface area (Å²) in [7, 11) is 7.65. The summed E-state index contributed by atoms with van der Waals surface area (Å²) in [6.45, 7) is 2.87. The number of hydrogen-bond acceptors (Lipinski definition) is 3. The summed E-state index contributed by atoms with van der Waals surface area (Å²) in [6.07, 6.45) is 2.06. The topological polar surface area (TPSA) is 48.9 Å². The maximum atomic E-state index is 5.15. The third-order valence-electron chi connectivity index (χ3n) is 3.16. The van der Waals surface area contributed by atoms with E-state index < -0.39 is 0 Å². The zero-order valence-electron chi connectivity index (χ0n) is 14.1. The second-order valence-corrected chi connectivity index (χ2v) is 5.18. The molecule has 22 heavy (non-hydrogen) atoms. The highest BCUT2D eigenvalue weighted by atomic mass is 127. The van der Waals surface area contributed by atoms with Crippen molar-refractivity contribution in [3.05, 3.63) is 29.8 Å². The van der Waals surface area contributed by atoms with Gasteiger partial charge in [0.2, 0.25) is 0 Å². The lowest BCUT2D eigenvalue weighted by Crippen LogP contribution is -2.39. The molecule has 0 aromatic heterocycles. The van der Waals surface area contributed by atoms with Crippen molar-refractivity contribution in [3.8, 4) is 5.75 Å². The number of nitrogens with one attached hydrogen (secondary N) is 2. The molecule has 2 N–H and O–H groups in total. The molecule has 5 nitrogen and oxygen atoms in total. The van der Waals surface area contributed by atoms with E-state index in [9.17, 15) is 0 Å². The quantitative estimate of drug-likeness (QED) is 0.292. The first-order valence-electron chi connectivity index (χ1n) is 7.38. The monoisotopic (exact) mass is 420 g/mol. The van der Waals surface area contributed by atoms with Gasteiger partial charge in [-0.15, -0.1) is 24.0 Å². The second-order valence-electron chi connectivity index (χ2n) is 5.18. The van der Waals surface area contributed by atoms with Gasteiger partial charge in [-0.2, -0.15) is 0 Å². The van der Waals surface area contributed by atoms with E-state index in [1.165, 1.54) is 5.56 Å². The van der Waals surface area contributed by atoms with E-state index in [1.807, 2.05) is 12.1 Å². The van der Waals surface area contributed by atoms with Crippen LogP contribution in [0.25, 0.3) is 0 Å². The number of methoxy groups -OCH3 is 1. The molecule has 0 saturated carbocycles. The minimum absolute atomic E-state index is 0. The van der Waals surface area contributed by atoms with Crippen molar-refractivity contribution in [2.75, 3.05) is 47.9 Å². The highest BCUT2D eigenvalue weighted by Gasteiger charge is 1.99. The largest absolute Gasteiger partial charge is 0.497 e. The average molecular weight is 420 g/mol. The third kappa shape index (κ3) is 9.09. The van der Waals surface area contributed by atoms with Gasteiger partial charge in [-0.05, 0) is 51.2 Å². The number of nitrogens with zero attached hydrogens (tertiary/aromatic N) is 2. The van der Waals surface area contributed by atoms with Gasteiger partial charge in [0.1, 0.15) is 5.75 Å². The Kier molecular flexibility index (Phi) is 11.9. The van der Waals surface area contributed by atoms with E-state index >= 15 is 0 Å². The van der Waals surface area contributed by atoms with E-state index in [1.54, 1.807) is 14.2 Å². The molecule has 6 heteroatoms. The van der Waals surface area contributed by atoms with Gasteiger partial charge in [0.05, 0.1) is 7.11 Å². The van der Waals surface area contributed by atoms with Crippen molar-refractivity contribution in [1.29, 1.82) is 0 Å². The Morgan fingerprint density at radius 3 is 2.32 bits per heavy atom. The number of benzene rings is 1. The van der Waals surface area contributed by atoms with Crippen LogP contribution in [0.5, 0.6) is 5.75 Å². The van der Waals surface area contributed by atoms with Crippen LogP contribution < -0.4 is 15.4 Å². The lowest BCUT2D eigenvalue weighted by molar-refractivity contribution is 0.399. The molecular formula is C16H29IN4O. The van der Waals surface area contributed by atoms with Crippen LogP contribution in [0.15, 0.2) is 29.3 Å². The van der Waals surface area contributed by atoms with Gasteiger partial charge in [-0.1, -0.05) is 12.1 Å². The first kappa shape index (κ1) is 21.0. The van der Waals surface area contributed by atoms with Gasteiger partial charge in [-0.3, -0.25) is 4.99 Å². The fraction of sp³-hybridized carbons (Fsp3) is 0.562. The zero-order chi connectivity index (χ0) is 15.5. The number of guanidine groups is 1. The first-order chi connectivity index (χ1) is 10.2. The molecule has 1 aromatic rings. The second kappa shape index (κ2) is 12.5. The molecule has 0 bridgehead atoms. The van der Waals surface area contributed by atoms with E-state index in [-0.39, 0.29) is 24.0 Å². The van der Waals surface area contributed by atoms with Crippen molar-refractivity contribution >= 4 is 29.9 Å². The standard InChI is InChI=1S/C16H28N4O.HI/c1-17-16(18-11-5-13-20(2)3)19-12-10-14-6-8-15(21-4)9-7-14;/h6-9H,5,10-13H2,1-4H3,(H2,17,18,19);1H. The van der Waals surface area contributed by atoms with Crippen molar-refractivity contribution < 1.29 is 4.74 Å². The van der Waals surface area contributed by atoms with Crippen LogP contribution in [0.2, 0.25) is 0 Å². The van der Waals surface area contributed by atoms with Crippen LogP contribution >= 0.6 is 24.0 Å². The molecule has 0 aliphatic carbocycles. The molecule has 0 aliphatic rings. The van der Waals surface area contributed by atoms with Gasteiger partial charge in [-0.25, -0.2) is 0 Å². The Hall–Kier alpha value is -1.02. The van der Waals surface area contributed by atoms with Crippen LogP contribution in [-0.4, -0.2) is 58.7 Å². The number of aliphatic imine (C=N–C) groups is 1. The molecule has 0 heterocycles. The summed E-state index contributed by atoms with van der Waals surface area (Å²) >= 11 is 0. The van der Waals surface area contributed by atoms with Crippen molar-refractivity contribution in [2.24, 2.45) is 4.99 Å². The molecule has 0 fully saturated rings. The molecule has 0 aliphatic heterocycles. The van der Waals surface area contributed by atoms with Gasteiger partial charge in [0, 0.05) is 20.1 Å². The van der Waals surface area contributed by atoms with Crippen LogP contribution in [0, 0.1) is 0 Å². The Bertz CT molecular complexity index is 421. The minimum atomic E-state index is 0. The fourth-order valence-electron chi connectivity index (χ4n) is 1.94. The number of ether oxygens (including phenoxy) is 1. The highest BCUT2D eigenvalue weighted by molar-refractivity contribution is 14.0. The summed E-state index contributed by atoms with van der Waals surface area (Å²) in [6, 6.07) is 8.16. The number of halogens is 1. The predicted octanol–water partition coefficient (Wildman–Crippen LogP) is 1.97. The average Bonchev–Trinajstić information content (AvgIpc) is 2.50. The summed E-state index contributed by atoms with van der Waals surface area (Å²) in [4.78, 5) is 6.41. The smallest absolute Gasteiger partial charge is 0.190 e. The molecule has 1 rings (SSSR count). The lowest BCUT2D eigenvalue weighted by Gasteiger charge is -2.13. The van der Waals surface area contributed by atoms with E-state index in [0.717, 1.165) is 44.2 Å². The molecular weight excluding hydrogens is 391 g/mol. The van der Waals surface area contributed by atoms with Gasteiger partial charge < -0.3 is 20.3 Å². The fourth-order valence-corrected chi connectivity index (χ4v) is 1.94. The molecule has 1 aromatic carbocycles. The summed E-state index contributed by atoms with van der Waals surface area (Å²) in [5.74, 6) is 1.76. The molecule has 0 atom stereocenters. The molecule has 0 saturated heterocycles. The number of rotatable bonds is 8. The van der Waals surface area contributed by atoms with E-state index in [4.69, 9.17) is 4.74 Å². The normalized spacial score (nSPS) is 11.0. The van der Waals surface area contributed by atoms with E-state index in [2.05, 4.69) is 46.8 Å². The van der Waals surface area contributed by atoms with Crippen molar-refractivity contribution in [3.63, 3.8) is 0 Å². The molecule has 0 amide bonds. The Morgan fingerprint density at radius 2 is 1.77 bits per heavy atom. The zero-order valence-corrected chi connectivity index (χ0v) is 16.4. The molecule has 0 spiro atoms. The van der Waals surface area contributed by atoms with Crippen LogP contribution in [0.1, 0.15) is 12.0 Å². The third-order valence-corrected chi connectivity index (χ3v) is 3.16. The van der Waals surface area contributed by atoms with Gasteiger partial charge >= 0.3 is 0 Å². The maximum absolute atomic E-state index is 5.15. The Morgan fingerprint density at radius 1 is 1.14 bits per heavy atom. The maximum Gasteiger partial charge on any atom is 0.190 e. The van der Waals surface area contributed by atoms with Crippen molar-refractivity contribution in [1.82, 2.24) is 15.5 Å². The van der Waals surface area contributed by atoms with Gasteiger partial charge in [0.25, 0.3) is 0 Å². The highest BCUT2D eigenvalue weighted by Crippen LogP contribution is 2.11. The van der Waals surface area contributed by atoms with E-state index in [0.29, 0.717) is 0 Å². The molecule has 126 valence electrons. The Labute approximate surface area is 151 Å². The summed E-state index contributed by atoms with van der Waals surface area (Å²) in [5.41, 5.74) is 1.28. The SMILES string of the molecule is CN=C(NCCCN(C)C)NCCc1ccc(OC)cc1.I.